The quantitative estimate of drug-likeness (QED) is 0.0265. The van der Waals surface area contributed by atoms with Crippen LogP contribution in [-0.4, -0.2) is 37.2 Å². The second-order valence-corrected chi connectivity index (χ2v) is 16.0. The van der Waals surface area contributed by atoms with Gasteiger partial charge in [0.2, 0.25) is 0 Å². The maximum Gasteiger partial charge on any atom is 0.306 e. The molecular formula is C51H90O6. The van der Waals surface area contributed by atoms with Crippen molar-refractivity contribution in [2.24, 2.45) is 0 Å². The molecule has 0 aromatic heterocycles. The highest BCUT2D eigenvalue weighted by Crippen LogP contribution is 2.13. The van der Waals surface area contributed by atoms with Gasteiger partial charge in [0.1, 0.15) is 13.2 Å². The molecule has 1 atom stereocenters. The molecule has 1 unspecified atom stereocenters. The average molecular weight is 799 g/mol. The van der Waals surface area contributed by atoms with Gasteiger partial charge >= 0.3 is 17.9 Å². The summed E-state index contributed by atoms with van der Waals surface area (Å²) >= 11 is 0. The van der Waals surface area contributed by atoms with Gasteiger partial charge in [-0.2, -0.15) is 0 Å². The highest BCUT2D eigenvalue weighted by atomic mass is 16.6. The van der Waals surface area contributed by atoms with Crippen molar-refractivity contribution in [3.05, 3.63) is 48.6 Å². The smallest absolute Gasteiger partial charge is 0.306 e. The molecule has 0 aliphatic heterocycles. The number of unbranched alkanes of at least 4 members (excludes halogenated alkanes) is 24. The summed E-state index contributed by atoms with van der Waals surface area (Å²) in [5, 5.41) is 0. The van der Waals surface area contributed by atoms with Gasteiger partial charge in [-0.1, -0.05) is 172 Å². The zero-order valence-electron chi connectivity index (χ0n) is 37.6. The molecule has 330 valence electrons. The molecule has 0 fully saturated rings. The van der Waals surface area contributed by atoms with Crippen molar-refractivity contribution in [1.29, 1.82) is 0 Å². The van der Waals surface area contributed by atoms with E-state index in [1.54, 1.807) is 0 Å². The lowest BCUT2D eigenvalue weighted by atomic mass is 10.1. The van der Waals surface area contributed by atoms with Crippen molar-refractivity contribution in [3.8, 4) is 0 Å². The number of hydrogen-bond donors (Lipinski definition) is 0. The van der Waals surface area contributed by atoms with E-state index >= 15 is 0 Å². The van der Waals surface area contributed by atoms with Crippen molar-refractivity contribution in [3.63, 3.8) is 0 Å². The fourth-order valence-corrected chi connectivity index (χ4v) is 6.64. The summed E-state index contributed by atoms with van der Waals surface area (Å²) in [6, 6.07) is 0. The third-order valence-corrected chi connectivity index (χ3v) is 10.3. The van der Waals surface area contributed by atoms with Gasteiger partial charge in [0, 0.05) is 19.3 Å². The lowest BCUT2D eigenvalue weighted by Crippen LogP contribution is -2.30. The van der Waals surface area contributed by atoms with Gasteiger partial charge in [0.15, 0.2) is 6.10 Å². The van der Waals surface area contributed by atoms with Crippen LogP contribution >= 0.6 is 0 Å². The van der Waals surface area contributed by atoms with Crippen molar-refractivity contribution >= 4 is 17.9 Å². The fourth-order valence-electron chi connectivity index (χ4n) is 6.64. The van der Waals surface area contributed by atoms with E-state index in [2.05, 4.69) is 69.4 Å². The second-order valence-electron chi connectivity index (χ2n) is 16.0. The number of allylic oxidation sites excluding steroid dienone is 8. The molecule has 0 saturated heterocycles. The van der Waals surface area contributed by atoms with Crippen molar-refractivity contribution in [2.45, 2.75) is 245 Å². The molecule has 0 aliphatic carbocycles. The van der Waals surface area contributed by atoms with E-state index in [-0.39, 0.29) is 31.1 Å². The van der Waals surface area contributed by atoms with E-state index in [4.69, 9.17) is 14.2 Å². The molecule has 0 rings (SSSR count). The Morgan fingerprint density at radius 3 is 1.09 bits per heavy atom. The Morgan fingerprint density at radius 2 is 0.684 bits per heavy atom. The Kier molecular flexibility index (Phi) is 43.9. The largest absolute Gasteiger partial charge is 0.462 e. The Hall–Kier alpha value is -2.63. The molecule has 57 heavy (non-hydrogen) atoms. The minimum absolute atomic E-state index is 0.0910. The van der Waals surface area contributed by atoms with Crippen LogP contribution in [0.1, 0.15) is 239 Å². The van der Waals surface area contributed by atoms with Crippen LogP contribution in [0, 0.1) is 0 Å². The number of carbonyl (C=O) groups is 3. The number of carbonyl (C=O) groups excluding carboxylic acids is 3. The van der Waals surface area contributed by atoms with Crippen molar-refractivity contribution < 1.29 is 28.6 Å². The topological polar surface area (TPSA) is 78.9 Å². The predicted octanol–water partition coefficient (Wildman–Crippen LogP) is 15.5. The van der Waals surface area contributed by atoms with E-state index in [9.17, 15) is 14.4 Å². The first-order valence-corrected chi connectivity index (χ1v) is 24.1. The summed E-state index contributed by atoms with van der Waals surface area (Å²) in [6.07, 6.45) is 53.8. The van der Waals surface area contributed by atoms with Gasteiger partial charge < -0.3 is 14.2 Å². The molecule has 0 saturated carbocycles. The van der Waals surface area contributed by atoms with Gasteiger partial charge in [-0.15, -0.1) is 0 Å². The van der Waals surface area contributed by atoms with Crippen molar-refractivity contribution in [1.82, 2.24) is 0 Å². The molecule has 0 aromatic rings. The van der Waals surface area contributed by atoms with E-state index in [0.29, 0.717) is 19.3 Å². The van der Waals surface area contributed by atoms with Gasteiger partial charge in [-0.25, -0.2) is 0 Å². The Morgan fingerprint density at radius 1 is 0.368 bits per heavy atom. The molecule has 0 radical (unpaired) electrons. The molecule has 6 nitrogen and oxygen atoms in total. The van der Waals surface area contributed by atoms with E-state index < -0.39 is 6.10 Å². The molecule has 0 bridgehead atoms. The minimum atomic E-state index is -0.790. The summed E-state index contributed by atoms with van der Waals surface area (Å²) in [5.41, 5.74) is 0. The third-order valence-electron chi connectivity index (χ3n) is 10.3. The molecule has 0 N–H and O–H groups in total. The Labute approximate surface area is 352 Å². The first kappa shape index (κ1) is 54.4. The van der Waals surface area contributed by atoms with E-state index in [0.717, 1.165) is 116 Å². The lowest BCUT2D eigenvalue weighted by molar-refractivity contribution is -0.167. The average Bonchev–Trinajstić information content (AvgIpc) is 3.21. The molecular weight excluding hydrogens is 709 g/mol. The Bertz CT molecular complexity index is 1010. The standard InChI is InChI=1S/C51H90O6/c1-4-7-10-13-16-19-22-25-27-29-32-35-38-41-44-50(53)56-47-48(46-55-49(52)43-40-37-34-31-28-24-21-18-15-12-9-6-3)57-51(54)45-42-39-36-33-30-26-23-20-17-14-11-8-5-2/h9,12,18,21,26-27,29-30,48H,4-8,10-11,13-17,19-20,22-25,28,31-47H2,1-3H3/b12-9-,21-18-,29-27-,30-26-. The van der Waals surface area contributed by atoms with Crippen LogP contribution < -0.4 is 0 Å². The monoisotopic (exact) mass is 799 g/mol. The summed E-state index contributed by atoms with van der Waals surface area (Å²) in [4.78, 5) is 37.8. The minimum Gasteiger partial charge on any atom is -0.462 e. The van der Waals surface area contributed by atoms with Gasteiger partial charge in [-0.05, 0) is 96.3 Å². The second kappa shape index (κ2) is 46.1. The van der Waals surface area contributed by atoms with E-state index in [1.165, 1.54) is 83.5 Å². The molecule has 0 amide bonds. The van der Waals surface area contributed by atoms with E-state index in [1.807, 2.05) is 0 Å². The lowest BCUT2D eigenvalue weighted by Gasteiger charge is -2.18. The summed E-state index contributed by atoms with van der Waals surface area (Å²) in [5.74, 6) is -0.935. The van der Waals surface area contributed by atoms with Gasteiger partial charge in [0.25, 0.3) is 0 Å². The van der Waals surface area contributed by atoms with Crippen LogP contribution in [0.25, 0.3) is 0 Å². The molecule has 0 spiro atoms. The normalized spacial score (nSPS) is 12.4. The fraction of sp³-hybridized carbons (Fsp3) is 0.784. The third kappa shape index (κ3) is 44.3. The molecule has 0 heterocycles. The highest BCUT2D eigenvalue weighted by Gasteiger charge is 2.19. The zero-order chi connectivity index (χ0) is 41.5. The van der Waals surface area contributed by atoms with Crippen LogP contribution in [0.15, 0.2) is 48.6 Å². The predicted molar refractivity (Wildman–Crippen MR) is 242 cm³/mol. The summed E-state index contributed by atoms with van der Waals surface area (Å²) in [7, 11) is 0. The van der Waals surface area contributed by atoms with Crippen molar-refractivity contribution in [2.75, 3.05) is 13.2 Å². The summed E-state index contributed by atoms with van der Waals surface area (Å²) in [6.45, 7) is 6.47. The van der Waals surface area contributed by atoms with Crippen LogP contribution in [0.5, 0.6) is 0 Å². The van der Waals surface area contributed by atoms with Crippen LogP contribution in [0.3, 0.4) is 0 Å². The molecule has 6 heteroatoms. The number of esters is 3. The number of hydrogen-bond acceptors (Lipinski definition) is 6. The first-order valence-electron chi connectivity index (χ1n) is 24.1. The van der Waals surface area contributed by atoms with Gasteiger partial charge in [0.05, 0.1) is 0 Å². The maximum atomic E-state index is 12.7. The zero-order valence-corrected chi connectivity index (χ0v) is 37.6. The number of ether oxygens (including phenoxy) is 3. The highest BCUT2D eigenvalue weighted by molar-refractivity contribution is 5.71. The molecule has 0 aliphatic rings. The summed E-state index contributed by atoms with van der Waals surface area (Å²) < 4.78 is 16.7. The Balaban J connectivity index is 4.43. The molecule has 0 aromatic carbocycles. The van der Waals surface area contributed by atoms with Gasteiger partial charge in [-0.3, -0.25) is 14.4 Å². The SMILES string of the molecule is CC/C=C\C/C=C\CCCCCCCC(=O)OCC(COC(=O)CCCCC/C=C\CCCCCCCCC)OC(=O)CCCCC/C=C\CCCCCCCC. The number of rotatable bonds is 43. The van der Waals surface area contributed by atoms with Crippen LogP contribution in [0.2, 0.25) is 0 Å². The van der Waals surface area contributed by atoms with Crippen LogP contribution in [0.4, 0.5) is 0 Å². The first-order chi connectivity index (χ1) is 28.0. The van der Waals surface area contributed by atoms with Crippen LogP contribution in [-0.2, 0) is 28.6 Å². The maximum absolute atomic E-state index is 12.7.